The maximum absolute atomic E-state index is 13.7. The van der Waals surface area contributed by atoms with Gasteiger partial charge in [-0.2, -0.15) is 0 Å². The number of rotatable bonds is 6. The van der Waals surface area contributed by atoms with Crippen molar-refractivity contribution in [1.82, 2.24) is 9.29 Å². The van der Waals surface area contributed by atoms with E-state index in [2.05, 4.69) is 5.32 Å². The SMILES string of the molecule is Cc1ccc(S(=O)(=O)n2ccc3ccc(CCNC(=O)c4ccc(F)cc4F)cc32)cc1. The van der Waals surface area contributed by atoms with Gasteiger partial charge in [0.2, 0.25) is 0 Å². The lowest BCUT2D eigenvalue weighted by Crippen LogP contribution is -2.26. The number of hydrogen-bond acceptors (Lipinski definition) is 3. The second-order valence-electron chi connectivity index (χ2n) is 7.45. The molecule has 0 aliphatic rings. The summed E-state index contributed by atoms with van der Waals surface area (Å²) >= 11 is 0. The summed E-state index contributed by atoms with van der Waals surface area (Å²) in [5.41, 5.74) is 2.06. The molecule has 0 unspecified atom stereocenters. The van der Waals surface area contributed by atoms with E-state index in [-0.39, 0.29) is 17.0 Å². The number of aromatic nitrogens is 1. The van der Waals surface area contributed by atoms with Gasteiger partial charge >= 0.3 is 0 Å². The fraction of sp³-hybridized carbons (Fsp3) is 0.125. The van der Waals surface area contributed by atoms with E-state index in [1.165, 1.54) is 10.2 Å². The van der Waals surface area contributed by atoms with Gasteiger partial charge in [0.1, 0.15) is 11.6 Å². The molecule has 8 heteroatoms. The molecule has 0 saturated carbocycles. The predicted molar refractivity (Wildman–Crippen MR) is 118 cm³/mol. The normalized spacial score (nSPS) is 11.6. The van der Waals surface area contributed by atoms with Crippen LogP contribution >= 0.6 is 0 Å². The average molecular weight is 454 g/mol. The molecule has 4 rings (SSSR count). The highest BCUT2D eigenvalue weighted by molar-refractivity contribution is 7.90. The number of nitrogens with one attached hydrogen (secondary N) is 1. The number of amides is 1. The van der Waals surface area contributed by atoms with Gasteiger partial charge in [-0.3, -0.25) is 4.79 Å². The second kappa shape index (κ2) is 8.55. The number of carbonyl (C=O) groups excluding carboxylic acids is 1. The molecule has 0 aliphatic heterocycles. The molecule has 164 valence electrons. The molecular weight excluding hydrogens is 434 g/mol. The summed E-state index contributed by atoms with van der Waals surface area (Å²) < 4.78 is 54.2. The molecule has 0 bridgehead atoms. The van der Waals surface area contributed by atoms with Crippen molar-refractivity contribution in [3.8, 4) is 0 Å². The van der Waals surface area contributed by atoms with Gasteiger partial charge < -0.3 is 5.32 Å². The smallest absolute Gasteiger partial charge is 0.268 e. The number of nitrogens with zero attached hydrogens (tertiary/aromatic N) is 1. The van der Waals surface area contributed by atoms with Crippen LogP contribution in [0.3, 0.4) is 0 Å². The molecule has 1 aromatic heterocycles. The summed E-state index contributed by atoms with van der Waals surface area (Å²) in [4.78, 5) is 12.3. The molecule has 0 radical (unpaired) electrons. The van der Waals surface area contributed by atoms with Gasteiger partial charge in [-0.15, -0.1) is 0 Å². The monoisotopic (exact) mass is 454 g/mol. The zero-order valence-corrected chi connectivity index (χ0v) is 18.0. The summed E-state index contributed by atoms with van der Waals surface area (Å²) in [7, 11) is -3.76. The van der Waals surface area contributed by atoms with E-state index < -0.39 is 27.6 Å². The summed E-state index contributed by atoms with van der Waals surface area (Å²) in [6, 6.07) is 16.6. The molecule has 1 heterocycles. The summed E-state index contributed by atoms with van der Waals surface area (Å²) in [5, 5.41) is 3.36. The van der Waals surface area contributed by atoms with E-state index in [0.717, 1.165) is 28.6 Å². The topological polar surface area (TPSA) is 68.2 Å². The standard InChI is InChI=1S/C24H20F2N2O3S/c1-16-2-7-20(8-3-16)32(30,31)28-13-11-18-5-4-17(14-23(18)28)10-12-27-24(29)21-9-6-19(25)15-22(21)26/h2-9,11,13-15H,10,12H2,1H3,(H,27,29). The van der Waals surface area contributed by atoms with E-state index in [1.807, 2.05) is 19.1 Å². The van der Waals surface area contributed by atoms with Crippen molar-refractivity contribution in [2.45, 2.75) is 18.2 Å². The fourth-order valence-electron chi connectivity index (χ4n) is 3.43. The molecule has 0 spiro atoms. The third kappa shape index (κ3) is 4.27. The Morgan fingerprint density at radius 3 is 2.44 bits per heavy atom. The first-order chi connectivity index (χ1) is 15.3. The quantitative estimate of drug-likeness (QED) is 0.469. The van der Waals surface area contributed by atoms with Crippen molar-refractivity contribution in [2.75, 3.05) is 6.54 Å². The first-order valence-electron chi connectivity index (χ1n) is 9.91. The van der Waals surface area contributed by atoms with Gasteiger partial charge in [-0.25, -0.2) is 21.2 Å². The Kier molecular flexibility index (Phi) is 5.80. The minimum atomic E-state index is -3.76. The number of hydrogen-bond donors (Lipinski definition) is 1. The van der Waals surface area contributed by atoms with Gasteiger partial charge in [-0.1, -0.05) is 29.8 Å². The van der Waals surface area contributed by atoms with Crippen LogP contribution in [0.2, 0.25) is 0 Å². The van der Waals surface area contributed by atoms with Crippen LogP contribution < -0.4 is 5.32 Å². The Hall–Kier alpha value is -3.52. The molecule has 32 heavy (non-hydrogen) atoms. The molecule has 0 atom stereocenters. The van der Waals surface area contributed by atoms with Gasteiger partial charge in [0.15, 0.2) is 0 Å². The maximum atomic E-state index is 13.7. The number of carbonyl (C=O) groups is 1. The minimum absolute atomic E-state index is 0.194. The van der Waals surface area contributed by atoms with E-state index in [1.54, 1.807) is 36.4 Å². The molecule has 0 aliphatic carbocycles. The highest BCUT2D eigenvalue weighted by atomic mass is 32.2. The number of fused-ring (bicyclic) bond motifs is 1. The molecular formula is C24H20F2N2O3S. The fourth-order valence-corrected chi connectivity index (χ4v) is 4.77. The highest BCUT2D eigenvalue weighted by Gasteiger charge is 2.19. The van der Waals surface area contributed by atoms with Crippen LogP contribution in [-0.2, 0) is 16.4 Å². The molecule has 0 fully saturated rings. The maximum Gasteiger partial charge on any atom is 0.268 e. The van der Waals surface area contributed by atoms with Crippen LogP contribution in [-0.4, -0.2) is 24.8 Å². The van der Waals surface area contributed by atoms with Crippen LogP contribution in [0.5, 0.6) is 0 Å². The van der Waals surface area contributed by atoms with Crippen molar-refractivity contribution in [3.05, 3.63) is 101 Å². The lowest BCUT2D eigenvalue weighted by molar-refractivity contribution is 0.0950. The van der Waals surface area contributed by atoms with Crippen LogP contribution in [0.4, 0.5) is 8.78 Å². The number of halogens is 2. The molecule has 0 saturated heterocycles. The minimum Gasteiger partial charge on any atom is -0.352 e. The zero-order chi connectivity index (χ0) is 22.9. The molecule has 1 N–H and O–H groups in total. The van der Waals surface area contributed by atoms with Gasteiger partial charge in [-0.05, 0) is 55.3 Å². The summed E-state index contributed by atoms with van der Waals surface area (Å²) in [6.07, 6.45) is 1.92. The largest absolute Gasteiger partial charge is 0.352 e. The van der Waals surface area contributed by atoms with E-state index >= 15 is 0 Å². The van der Waals surface area contributed by atoms with Crippen molar-refractivity contribution in [3.63, 3.8) is 0 Å². The Morgan fingerprint density at radius 1 is 0.969 bits per heavy atom. The van der Waals surface area contributed by atoms with Crippen LogP contribution in [0.15, 0.2) is 77.8 Å². The Bertz CT molecular complexity index is 1410. The van der Waals surface area contributed by atoms with Crippen LogP contribution in [0.25, 0.3) is 10.9 Å². The Labute approximate surface area is 184 Å². The summed E-state index contributed by atoms with van der Waals surface area (Å²) in [6.45, 7) is 2.09. The Balaban J connectivity index is 1.52. The summed E-state index contributed by atoms with van der Waals surface area (Å²) in [5.74, 6) is -2.33. The van der Waals surface area contributed by atoms with Gasteiger partial charge in [0.05, 0.1) is 16.0 Å². The predicted octanol–water partition coefficient (Wildman–Crippen LogP) is 4.44. The molecule has 1 amide bonds. The van der Waals surface area contributed by atoms with Gasteiger partial charge in [0, 0.05) is 24.2 Å². The first-order valence-corrected chi connectivity index (χ1v) is 11.4. The molecule has 4 aromatic rings. The van der Waals surface area contributed by atoms with Crippen LogP contribution in [0.1, 0.15) is 21.5 Å². The molecule has 3 aromatic carbocycles. The van der Waals surface area contributed by atoms with E-state index in [4.69, 9.17) is 0 Å². The van der Waals surface area contributed by atoms with Gasteiger partial charge in [0.25, 0.3) is 15.9 Å². The second-order valence-corrected chi connectivity index (χ2v) is 9.27. The highest BCUT2D eigenvalue weighted by Crippen LogP contribution is 2.24. The third-order valence-electron chi connectivity index (χ3n) is 5.17. The van der Waals surface area contributed by atoms with Crippen molar-refractivity contribution in [1.29, 1.82) is 0 Å². The van der Waals surface area contributed by atoms with Crippen molar-refractivity contribution >= 4 is 26.8 Å². The van der Waals surface area contributed by atoms with Crippen LogP contribution in [0, 0.1) is 18.6 Å². The first kappa shape index (κ1) is 21.7. The third-order valence-corrected chi connectivity index (χ3v) is 6.88. The molecule has 5 nitrogen and oxygen atoms in total. The number of aryl methyl sites for hydroxylation is 1. The average Bonchev–Trinajstić information content (AvgIpc) is 3.18. The van der Waals surface area contributed by atoms with Crippen molar-refractivity contribution in [2.24, 2.45) is 0 Å². The van der Waals surface area contributed by atoms with Crippen molar-refractivity contribution < 1.29 is 22.0 Å². The lowest BCUT2D eigenvalue weighted by atomic mass is 10.1. The van der Waals surface area contributed by atoms with E-state index in [0.29, 0.717) is 18.0 Å². The zero-order valence-electron chi connectivity index (χ0n) is 17.2. The van der Waals surface area contributed by atoms with E-state index in [9.17, 15) is 22.0 Å². The Morgan fingerprint density at radius 2 is 1.72 bits per heavy atom. The lowest BCUT2D eigenvalue weighted by Gasteiger charge is -2.10. The number of benzene rings is 3.